The zero-order valence-corrected chi connectivity index (χ0v) is 9.50. The molecule has 1 fully saturated rings. The lowest BCUT2D eigenvalue weighted by Crippen LogP contribution is -2.35. The van der Waals surface area contributed by atoms with E-state index in [1.807, 2.05) is 24.4 Å². The second kappa shape index (κ2) is 5.37. The zero-order chi connectivity index (χ0) is 10.5. The van der Waals surface area contributed by atoms with Crippen LogP contribution < -0.4 is 5.32 Å². The summed E-state index contributed by atoms with van der Waals surface area (Å²) in [6.45, 7) is 0.818. The van der Waals surface area contributed by atoms with Crippen molar-refractivity contribution in [1.82, 2.24) is 10.3 Å². The molecule has 3 nitrogen and oxygen atoms in total. The van der Waals surface area contributed by atoms with Crippen molar-refractivity contribution >= 4 is 10.8 Å². The number of aromatic nitrogens is 1. The maximum absolute atomic E-state index is 11.2. The van der Waals surface area contributed by atoms with Crippen LogP contribution in [0.4, 0.5) is 0 Å². The first-order valence-electron chi connectivity index (χ1n) is 5.33. The number of pyridine rings is 1. The first-order valence-corrected chi connectivity index (χ1v) is 6.81. The fourth-order valence-corrected chi connectivity index (χ4v) is 3.05. The maximum Gasteiger partial charge on any atom is 0.0541 e. The summed E-state index contributed by atoms with van der Waals surface area (Å²) >= 11 is 0. The van der Waals surface area contributed by atoms with E-state index in [-0.39, 0.29) is 0 Å². The first-order chi connectivity index (χ1) is 7.34. The van der Waals surface area contributed by atoms with Gasteiger partial charge in [0, 0.05) is 41.1 Å². The Morgan fingerprint density at radius 1 is 1.40 bits per heavy atom. The molecule has 0 atom stereocenters. The summed E-state index contributed by atoms with van der Waals surface area (Å²) in [6, 6.07) is 6.46. The van der Waals surface area contributed by atoms with E-state index in [1.165, 1.54) is 0 Å². The van der Waals surface area contributed by atoms with Gasteiger partial charge in [-0.3, -0.25) is 9.19 Å². The van der Waals surface area contributed by atoms with Gasteiger partial charge in [0.25, 0.3) is 0 Å². The van der Waals surface area contributed by atoms with Crippen molar-refractivity contribution in [2.45, 2.75) is 25.4 Å². The minimum atomic E-state index is -0.565. The van der Waals surface area contributed by atoms with Gasteiger partial charge in [-0.15, -0.1) is 0 Å². The highest BCUT2D eigenvalue weighted by atomic mass is 32.2. The van der Waals surface area contributed by atoms with Crippen LogP contribution in [-0.2, 0) is 17.3 Å². The van der Waals surface area contributed by atoms with Crippen molar-refractivity contribution in [2.24, 2.45) is 0 Å². The van der Waals surface area contributed by atoms with Crippen LogP contribution >= 0.6 is 0 Å². The molecular formula is C11H16N2OS. The number of rotatable bonds is 3. The third-order valence-electron chi connectivity index (χ3n) is 2.69. The van der Waals surface area contributed by atoms with Crippen molar-refractivity contribution in [3.8, 4) is 0 Å². The predicted molar refractivity (Wildman–Crippen MR) is 62.0 cm³/mol. The Morgan fingerprint density at radius 3 is 2.87 bits per heavy atom. The lowest BCUT2D eigenvalue weighted by molar-refractivity contribution is 0.472. The van der Waals surface area contributed by atoms with Crippen molar-refractivity contribution < 1.29 is 4.21 Å². The van der Waals surface area contributed by atoms with Gasteiger partial charge in [-0.05, 0) is 25.0 Å². The summed E-state index contributed by atoms with van der Waals surface area (Å²) in [4.78, 5) is 4.26. The monoisotopic (exact) mass is 224 g/mol. The average molecular weight is 224 g/mol. The van der Waals surface area contributed by atoms with Crippen molar-refractivity contribution in [3.05, 3.63) is 30.1 Å². The molecule has 0 spiro atoms. The van der Waals surface area contributed by atoms with Gasteiger partial charge in [-0.25, -0.2) is 0 Å². The van der Waals surface area contributed by atoms with Gasteiger partial charge >= 0.3 is 0 Å². The van der Waals surface area contributed by atoms with E-state index < -0.39 is 10.8 Å². The fourth-order valence-electron chi connectivity index (χ4n) is 1.75. The van der Waals surface area contributed by atoms with E-state index in [4.69, 9.17) is 0 Å². The average Bonchev–Trinajstić information content (AvgIpc) is 2.30. The topological polar surface area (TPSA) is 42.0 Å². The molecule has 0 saturated carbocycles. The predicted octanol–water partition coefficient (Wildman–Crippen LogP) is 1.08. The molecule has 1 N–H and O–H groups in total. The Morgan fingerprint density at radius 2 is 2.20 bits per heavy atom. The van der Waals surface area contributed by atoms with Crippen molar-refractivity contribution in [1.29, 1.82) is 0 Å². The molecule has 2 heterocycles. The van der Waals surface area contributed by atoms with Crippen LogP contribution in [0.15, 0.2) is 24.4 Å². The van der Waals surface area contributed by atoms with Gasteiger partial charge in [0.2, 0.25) is 0 Å². The molecule has 2 rings (SSSR count). The van der Waals surface area contributed by atoms with Crippen LogP contribution in [0.5, 0.6) is 0 Å². The van der Waals surface area contributed by atoms with E-state index in [1.54, 1.807) is 0 Å². The molecule has 0 bridgehead atoms. The van der Waals surface area contributed by atoms with Crippen LogP contribution in [0, 0.1) is 0 Å². The number of nitrogens with one attached hydrogen (secondary N) is 1. The molecular weight excluding hydrogens is 208 g/mol. The molecule has 0 amide bonds. The summed E-state index contributed by atoms with van der Waals surface area (Å²) in [5.41, 5.74) is 1.07. The van der Waals surface area contributed by atoms with Crippen molar-refractivity contribution in [3.63, 3.8) is 0 Å². The van der Waals surface area contributed by atoms with Crippen LogP contribution in [0.2, 0.25) is 0 Å². The molecule has 0 aromatic carbocycles. The van der Waals surface area contributed by atoms with Crippen LogP contribution in [0.25, 0.3) is 0 Å². The largest absolute Gasteiger partial charge is 0.308 e. The summed E-state index contributed by atoms with van der Waals surface area (Å²) in [5.74, 6) is 1.69. The van der Waals surface area contributed by atoms with Gasteiger partial charge in [0.1, 0.15) is 0 Å². The third-order valence-corrected chi connectivity index (χ3v) is 4.07. The lowest BCUT2D eigenvalue weighted by atomic mass is 10.1. The molecule has 82 valence electrons. The van der Waals surface area contributed by atoms with Gasteiger partial charge in [0.05, 0.1) is 5.69 Å². The second-order valence-electron chi connectivity index (χ2n) is 3.82. The summed E-state index contributed by atoms with van der Waals surface area (Å²) in [7, 11) is -0.565. The SMILES string of the molecule is O=S1CCC(NCc2ccccn2)CC1. The van der Waals surface area contributed by atoms with Gasteiger partial charge in [-0.2, -0.15) is 0 Å². The molecule has 1 aliphatic rings. The maximum atomic E-state index is 11.2. The third kappa shape index (κ3) is 3.39. The Labute approximate surface area is 92.8 Å². The lowest BCUT2D eigenvalue weighted by Gasteiger charge is -2.22. The highest BCUT2D eigenvalue weighted by Crippen LogP contribution is 2.09. The summed E-state index contributed by atoms with van der Waals surface area (Å²) < 4.78 is 11.2. The Balaban J connectivity index is 1.77. The van der Waals surface area contributed by atoms with Gasteiger partial charge < -0.3 is 5.32 Å². The van der Waals surface area contributed by atoms with Crippen LogP contribution in [0.1, 0.15) is 18.5 Å². The Kier molecular flexibility index (Phi) is 3.86. The van der Waals surface area contributed by atoms with Gasteiger partial charge in [-0.1, -0.05) is 6.07 Å². The highest BCUT2D eigenvalue weighted by molar-refractivity contribution is 7.85. The number of hydrogen-bond donors (Lipinski definition) is 1. The molecule has 15 heavy (non-hydrogen) atoms. The molecule has 1 aliphatic heterocycles. The second-order valence-corrected chi connectivity index (χ2v) is 5.52. The van der Waals surface area contributed by atoms with E-state index in [9.17, 15) is 4.21 Å². The van der Waals surface area contributed by atoms with E-state index in [0.717, 1.165) is 36.6 Å². The standard InChI is InChI=1S/C11H16N2OS/c14-15-7-4-10(5-8-15)13-9-11-3-1-2-6-12-11/h1-3,6,10,13H,4-5,7-9H2. The quantitative estimate of drug-likeness (QED) is 0.835. The van der Waals surface area contributed by atoms with Crippen molar-refractivity contribution in [2.75, 3.05) is 11.5 Å². The zero-order valence-electron chi connectivity index (χ0n) is 8.69. The Hall–Kier alpha value is -0.740. The molecule has 1 aromatic heterocycles. The Bertz CT molecular complexity index is 319. The van der Waals surface area contributed by atoms with E-state index in [0.29, 0.717) is 6.04 Å². The normalized spacial score (nSPS) is 26.4. The van der Waals surface area contributed by atoms with E-state index >= 15 is 0 Å². The molecule has 1 aromatic rings. The minimum Gasteiger partial charge on any atom is -0.308 e. The smallest absolute Gasteiger partial charge is 0.0541 e. The van der Waals surface area contributed by atoms with Crippen LogP contribution in [-0.4, -0.2) is 26.7 Å². The van der Waals surface area contributed by atoms with E-state index in [2.05, 4.69) is 10.3 Å². The minimum absolute atomic E-state index is 0.518. The molecule has 1 saturated heterocycles. The molecule has 0 unspecified atom stereocenters. The molecule has 0 radical (unpaired) electrons. The van der Waals surface area contributed by atoms with Gasteiger partial charge in [0.15, 0.2) is 0 Å². The highest BCUT2D eigenvalue weighted by Gasteiger charge is 2.16. The summed E-state index contributed by atoms with van der Waals surface area (Å²) in [5, 5.41) is 3.46. The van der Waals surface area contributed by atoms with Crippen LogP contribution in [0.3, 0.4) is 0 Å². The molecule has 4 heteroatoms. The number of hydrogen-bond acceptors (Lipinski definition) is 3. The number of nitrogens with zero attached hydrogens (tertiary/aromatic N) is 1. The molecule has 0 aliphatic carbocycles. The summed E-state index contributed by atoms with van der Waals surface area (Å²) in [6.07, 6.45) is 3.87. The fraction of sp³-hybridized carbons (Fsp3) is 0.545. The first kappa shape index (κ1) is 10.8.